The number of nitrogens with zero attached hydrogens (tertiary/aromatic N) is 2. The van der Waals surface area contributed by atoms with Crippen molar-refractivity contribution in [1.29, 1.82) is 0 Å². The minimum atomic E-state index is -5.06. The Morgan fingerprint density at radius 2 is 1.63 bits per heavy atom. The number of rotatable bonds is 9. The number of thioether (sulfide) groups is 1. The maximum absolute atomic E-state index is 13.6. The first-order valence-electron chi connectivity index (χ1n) is 13.5. The Hall–Kier alpha value is -3.29. The molecule has 0 fully saturated rings. The smallest absolute Gasteiger partial charge is 0.416 e. The standard InChI is InChI=1S/C29H34F6N2O5S/c1-6-8-43-16-19-12-24-22(14-25(19)40-4)23(9-17(3)37(24)27(39)42-7-2)36(26(38)41-5)15-18-10-20(28(30,31)32)13-21(11-18)29(33,34)35/h10-14,17,23H,6-9,15-16H2,1-5H3/t17-,23+/m1/s1. The van der Waals surface area contributed by atoms with Crippen molar-refractivity contribution in [2.75, 3.05) is 31.5 Å². The first-order valence-corrected chi connectivity index (χ1v) is 14.7. The van der Waals surface area contributed by atoms with E-state index >= 15 is 0 Å². The van der Waals surface area contributed by atoms with Gasteiger partial charge in [-0.25, -0.2) is 9.59 Å². The molecule has 2 aromatic carbocycles. The third-order valence-electron chi connectivity index (χ3n) is 6.91. The van der Waals surface area contributed by atoms with Gasteiger partial charge in [0.2, 0.25) is 0 Å². The van der Waals surface area contributed by atoms with Gasteiger partial charge >= 0.3 is 24.5 Å². The Balaban J connectivity index is 2.20. The third kappa shape index (κ3) is 8.01. The topological polar surface area (TPSA) is 68.3 Å². The summed E-state index contributed by atoms with van der Waals surface area (Å²) in [6.45, 7) is 4.87. The summed E-state index contributed by atoms with van der Waals surface area (Å²) in [5.41, 5.74) is -1.83. The van der Waals surface area contributed by atoms with Gasteiger partial charge in [-0.3, -0.25) is 9.80 Å². The molecule has 0 unspecified atom stereocenters. The van der Waals surface area contributed by atoms with Gasteiger partial charge in [-0.1, -0.05) is 6.92 Å². The van der Waals surface area contributed by atoms with E-state index in [1.54, 1.807) is 37.7 Å². The molecule has 0 aromatic heterocycles. The number of alkyl halides is 6. The van der Waals surface area contributed by atoms with Gasteiger partial charge in [0, 0.05) is 29.5 Å². The SMILES string of the molecule is CCCSCc1cc2c(cc1OC)[C@@H](N(Cc1cc(C(F)(F)F)cc(C(F)(F)F)c1)C(=O)OC)C[C@@H](C)N2C(=O)OCC. The number of carbonyl (C=O) groups excluding carboxylic acids is 2. The molecule has 7 nitrogen and oxygen atoms in total. The van der Waals surface area contributed by atoms with Gasteiger partial charge in [0.05, 0.1) is 43.7 Å². The van der Waals surface area contributed by atoms with E-state index in [1.165, 1.54) is 12.0 Å². The molecule has 14 heteroatoms. The Morgan fingerprint density at radius 1 is 1.00 bits per heavy atom. The zero-order valence-corrected chi connectivity index (χ0v) is 25.2. The molecule has 0 saturated heterocycles. The molecule has 43 heavy (non-hydrogen) atoms. The van der Waals surface area contributed by atoms with Crippen molar-refractivity contribution in [3.63, 3.8) is 0 Å². The highest BCUT2D eigenvalue weighted by molar-refractivity contribution is 7.98. The highest BCUT2D eigenvalue weighted by Gasteiger charge is 2.41. The zero-order valence-electron chi connectivity index (χ0n) is 24.4. The fourth-order valence-corrected chi connectivity index (χ4v) is 5.90. The fourth-order valence-electron chi connectivity index (χ4n) is 5.02. The quantitative estimate of drug-likeness (QED) is 0.203. The maximum Gasteiger partial charge on any atom is 0.416 e. The lowest BCUT2D eigenvalue weighted by Gasteiger charge is -2.43. The fraction of sp³-hybridized carbons (Fsp3) is 0.517. The number of benzene rings is 2. The highest BCUT2D eigenvalue weighted by Crippen LogP contribution is 2.45. The Bertz CT molecular complexity index is 1270. The molecular formula is C29H34F6N2O5S. The van der Waals surface area contributed by atoms with Crippen LogP contribution in [-0.4, -0.2) is 49.7 Å². The van der Waals surface area contributed by atoms with Gasteiger partial charge in [0.25, 0.3) is 0 Å². The molecule has 2 atom stereocenters. The number of hydrogen-bond acceptors (Lipinski definition) is 6. The number of methoxy groups -OCH3 is 2. The van der Waals surface area contributed by atoms with E-state index in [4.69, 9.17) is 14.2 Å². The molecular weight excluding hydrogens is 602 g/mol. The summed E-state index contributed by atoms with van der Waals surface area (Å²) in [4.78, 5) is 28.7. The van der Waals surface area contributed by atoms with E-state index in [1.807, 2.05) is 6.92 Å². The van der Waals surface area contributed by atoms with Gasteiger partial charge in [-0.2, -0.15) is 38.1 Å². The van der Waals surface area contributed by atoms with Crippen molar-refractivity contribution in [3.8, 4) is 5.75 Å². The third-order valence-corrected chi connectivity index (χ3v) is 8.12. The van der Waals surface area contributed by atoms with Crippen molar-refractivity contribution in [1.82, 2.24) is 4.90 Å². The van der Waals surface area contributed by atoms with Gasteiger partial charge in [0.15, 0.2) is 0 Å². The van der Waals surface area contributed by atoms with E-state index in [-0.39, 0.29) is 19.1 Å². The van der Waals surface area contributed by atoms with Crippen LogP contribution in [0.5, 0.6) is 5.75 Å². The predicted octanol–water partition coefficient (Wildman–Crippen LogP) is 8.44. The maximum atomic E-state index is 13.6. The van der Waals surface area contributed by atoms with Crippen molar-refractivity contribution in [3.05, 3.63) is 58.1 Å². The molecule has 2 amide bonds. The van der Waals surface area contributed by atoms with Crippen molar-refractivity contribution < 1.29 is 50.1 Å². The van der Waals surface area contributed by atoms with Crippen LogP contribution in [0.3, 0.4) is 0 Å². The number of halogens is 6. The van der Waals surface area contributed by atoms with E-state index in [9.17, 15) is 35.9 Å². The molecule has 0 saturated carbocycles. The second kappa shape index (κ2) is 14.0. The molecule has 238 valence electrons. The molecule has 1 heterocycles. The molecule has 1 aliphatic heterocycles. The summed E-state index contributed by atoms with van der Waals surface area (Å²) in [5, 5.41) is 0. The molecule has 0 aliphatic carbocycles. The van der Waals surface area contributed by atoms with Gasteiger partial charge in [-0.05, 0) is 68.3 Å². The summed E-state index contributed by atoms with van der Waals surface area (Å²) in [7, 11) is 2.52. The molecule has 3 rings (SSSR count). The summed E-state index contributed by atoms with van der Waals surface area (Å²) < 4.78 is 97.3. The van der Waals surface area contributed by atoms with Crippen LogP contribution in [0.4, 0.5) is 41.6 Å². The van der Waals surface area contributed by atoms with E-state index < -0.39 is 59.9 Å². The van der Waals surface area contributed by atoms with Crippen LogP contribution in [0.1, 0.15) is 67.5 Å². The van der Waals surface area contributed by atoms with Gasteiger partial charge < -0.3 is 14.2 Å². The van der Waals surface area contributed by atoms with E-state index in [2.05, 4.69) is 0 Å². The highest BCUT2D eigenvalue weighted by atomic mass is 32.2. The minimum Gasteiger partial charge on any atom is -0.496 e. The number of ether oxygens (including phenoxy) is 3. The molecule has 0 radical (unpaired) electrons. The average Bonchev–Trinajstić information content (AvgIpc) is 2.94. The number of fused-ring (bicyclic) bond motifs is 1. The zero-order chi connectivity index (χ0) is 32.1. The second-order valence-electron chi connectivity index (χ2n) is 9.96. The summed E-state index contributed by atoms with van der Waals surface area (Å²) in [5.74, 6) is 1.87. The van der Waals surface area contributed by atoms with Crippen LogP contribution >= 0.6 is 11.8 Å². The van der Waals surface area contributed by atoms with Crippen LogP contribution in [0.25, 0.3) is 0 Å². The van der Waals surface area contributed by atoms with Crippen LogP contribution < -0.4 is 9.64 Å². The molecule has 0 N–H and O–H groups in total. The normalized spacial score (nSPS) is 16.9. The lowest BCUT2D eigenvalue weighted by atomic mass is 9.89. The van der Waals surface area contributed by atoms with Crippen LogP contribution in [0.2, 0.25) is 0 Å². The van der Waals surface area contributed by atoms with Crippen molar-refractivity contribution in [2.24, 2.45) is 0 Å². The predicted molar refractivity (Wildman–Crippen MR) is 150 cm³/mol. The van der Waals surface area contributed by atoms with Crippen LogP contribution in [0, 0.1) is 0 Å². The van der Waals surface area contributed by atoms with Crippen LogP contribution in [0.15, 0.2) is 30.3 Å². The average molecular weight is 637 g/mol. The largest absolute Gasteiger partial charge is 0.496 e. The summed E-state index contributed by atoms with van der Waals surface area (Å²) >= 11 is 1.65. The summed E-state index contributed by atoms with van der Waals surface area (Å²) in [6, 6.07) is 3.11. The lowest BCUT2D eigenvalue weighted by molar-refractivity contribution is -0.143. The number of carbonyl (C=O) groups is 2. The minimum absolute atomic E-state index is 0.0319. The second-order valence-corrected chi connectivity index (χ2v) is 11.1. The molecule has 2 aromatic rings. The Kier molecular flexibility index (Phi) is 11.1. The summed E-state index contributed by atoms with van der Waals surface area (Å²) in [6.07, 6.45) is -10.7. The Morgan fingerprint density at radius 3 is 2.14 bits per heavy atom. The van der Waals surface area contributed by atoms with Gasteiger partial charge in [-0.15, -0.1) is 0 Å². The number of hydrogen-bond donors (Lipinski definition) is 0. The van der Waals surface area contributed by atoms with Crippen LogP contribution in [-0.2, 0) is 34.1 Å². The first-order chi connectivity index (χ1) is 20.2. The molecule has 1 aliphatic rings. The lowest BCUT2D eigenvalue weighted by Crippen LogP contribution is -2.47. The van der Waals surface area contributed by atoms with Gasteiger partial charge in [0.1, 0.15) is 5.75 Å². The first kappa shape index (κ1) is 34.2. The number of amides is 2. The molecule has 0 spiro atoms. The number of anilines is 1. The molecule has 0 bridgehead atoms. The van der Waals surface area contributed by atoms with E-state index in [0.29, 0.717) is 34.9 Å². The van der Waals surface area contributed by atoms with E-state index in [0.717, 1.165) is 29.7 Å². The van der Waals surface area contributed by atoms with Crippen molar-refractivity contribution >= 4 is 29.6 Å². The monoisotopic (exact) mass is 636 g/mol. The Labute approximate surface area is 250 Å². The van der Waals surface area contributed by atoms with Crippen molar-refractivity contribution in [2.45, 2.75) is 70.3 Å².